The van der Waals surface area contributed by atoms with E-state index in [-0.39, 0.29) is 41.7 Å². The van der Waals surface area contributed by atoms with Crippen LogP contribution in [0.25, 0.3) is 17.0 Å². The van der Waals surface area contributed by atoms with Crippen molar-refractivity contribution in [1.82, 2.24) is 20.0 Å². The standard InChI is InChI=1S/C24H21ClF4N4O3S/c25-17-3-2-15(19(9-17)24(27,28)29)12-33-20-4-1-14(7-16(20)10-31-33)8-21-22(35)32(23(36)37-21)13-18(34)11-30-6-5-26/h1-4,7-10,18,30,34H,5-6,11-13H2. The topological polar surface area (TPSA) is 87.5 Å². The first kappa shape index (κ1) is 27.1. The molecule has 0 radical (unpaired) electrons. The Labute approximate surface area is 218 Å². The maximum absolute atomic E-state index is 13.5. The van der Waals surface area contributed by atoms with Gasteiger partial charge in [0.15, 0.2) is 0 Å². The van der Waals surface area contributed by atoms with Gasteiger partial charge in [-0.2, -0.15) is 18.3 Å². The second-order valence-electron chi connectivity index (χ2n) is 8.26. The molecule has 2 heterocycles. The van der Waals surface area contributed by atoms with Gasteiger partial charge < -0.3 is 10.4 Å². The lowest BCUT2D eigenvalue weighted by molar-refractivity contribution is -0.138. The molecule has 2 N–H and O–H groups in total. The van der Waals surface area contributed by atoms with Gasteiger partial charge in [-0.25, -0.2) is 4.39 Å². The van der Waals surface area contributed by atoms with Crippen molar-refractivity contribution in [1.29, 1.82) is 0 Å². The molecule has 1 aromatic heterocycles. The molecular weight excluding hydrogens is 536 g/mol. The van der Waals surface area contributed by atoms with Gasteiger partial charge in [-0.05, 0) is 53.2 Å². The molecule has 2 aromatic carbocycles. The monoisotopic (exact) mass is 556 g/mol. The summed E-state index contributed by atoms with van der Waals surface area (Å²) in [5.74, 6) is -0.558. The Morgan fingerprint density at radius 3 is 2.70 bits per heavy atom. The summed E-state index contributed by atoms with van der Waals surface area (Å²) >= 11 is 6.49. The summed E-state index contributed by atoms with van der Waals surface area (Å²) < 4.78 is 54.0. The first-order valence-electron chi connectivity index (χ1n) is 11.1. The van der Waals surface area contributed by atoms with Crippen LogP contribution < -0.4 is 5.32 Å². The highest BCUT2D eigenvalue weighted by Crippen LogP contribution is 2.35. The Bertz CT molecular complexity index is 1360. The Morgan fingerprint density at radius 1 is 1.19 bits per heavy atom. The van der Waals surface area contributed by atoms with E-state index in [1.807, 2.05) is 0 Å². The van der Waals surface area contributed by atoms with Crippen LogP contribution in [-0.2, 0) is 17.5 Å². The van der Waals surface area contributed by atoms with Gasteiger partial charge in [0.05, 0.1) is 41.4 Å². The summed E-state index contributed by atoms with van der Waals surface area (Å²) in [6.45, 7) is -0.864. The summed E-state index contributed by atoms with van der Waals surface area (Å²) in [4.78, 5) is 26.1. The molecular formula is C24H21ClF4N4O3S. The zero-order valence-corrected chi connectivity index (χ0v) is 20.7. The second-order valence-corrected chi connectivity index (χ2v) is 9.69. The number of benzene rings is 2. The Kier molecular flexibility index (Phi) is 8.22. The second kappa shape index (κ2) is 11.2. The highest BCUT2D eigenvalue weighted by molar-refractivity contribution is 8.18. The summed E-state index contributed by atoms with van der Waals surface area (Å²) in [6, 6.07) is 8.63. The highest BCUT2D eigenvalue weighted by atomic mass is 35.5. The smallest absolute Gasteiger partial charge is 0.390 e. The van der Waals surface area contributed by atoms with Crippen molar-refractivity contribution in [2.75, 3.05) is 26.3 Å². The number of β-amino-alcohol motifs (C(OH)–C–C–N with tert-alkyl or cyclic N) is 1. The SMILES string of the molecule is O=C1SC(=Cc2ccc3c(cnn3Cc3ccc(Cl)cc3C(F)(F)F)c2)C(=O)N1CC(O)CNCCF. The minimum Gasteiger partial charge on any atom is -0.390 e. The largest absolute Gasteiger partial charge is 0.416 e. The average molecular weight is 557 g/mol. The van der Waals surface area contributed by atoms with Crippen LogP contribution in [0.15, 0.2) is 47.5 Å². The molecule has 0 bridgehead atoms. The van der Waals surface area contributed by atoms with Crippen molar-refractivity contribution in [2.45, 2.75) is 18.8 Å². The number of aliphatic hydroxyl groups excluding tert-OH is 1. The maximum Gasteiger partial charge on any atom is 0.416 e. The van der Waals surface area contributed by atoms with Gasteiger partial charge in [-0.3, -0.25) is 19.2 Å². The summed E-state index contributed by atoms with van der Waals surface area (Å²) in [5.41, 5.74) is 0.350. The maximum atomic E-state index is 13.5. The lowest BCUT2D eigenvalue weighted by Gasteiger charge is -2.17. The van der Waals surface area contributed by atoms with Crippen molar-refractivity contribution in [2.24, 2.45) is 0 Å². The molecule has 1 aliphatic heterocycles. The molecule has 0 aliphatic carbocycles. The normalized spacial score (nSPS) is 16.4. The minimum absolute atomic E-state index is 0.0153. The molecule has 0 saturated carbocycles. The van der Waals surface area contributed by atoms with Crippen LogP contribution in [0.5, 0.6) is 0 Å². The Balaban J connectivity index is 1.51. The number of carbonyl (C=O) groups is 2. The van der Waals surface area contributed by atoms with Crippen molar-refractivity contribution in [3.63, 3.8) is 0 Å². The van der Waals surface area contributed by atoms with E-state index in [0.717, 1.165) is 22.7 Å². The summed E-state index contributed by atoms with van der Waals surface area (Å²) in [7, 11) is 0. The third kappa shape index (κ3) is 6.32. The van der Waals surface area contributed by atoms with Gasteiger partial charge in [0.1, 0.15) is 6.67 Å². The van der Waals surface area contributed by atoms with Crippen molar-refractivity contribution >= 4 is 51.5 Å². The molecule has 1 saturated heterocycles. The van der Waals surface area contributed by atoms with Gasteiger partial charge in [-0.1, -0.05) is 23.7 Å². The highest BCUT2D eigenvalue weighted by Gasteiger charge is 2.36. The number of alkyl halides is 4. The number of rotatable bonds is 9. The first-order chi connectivity index (χ1) is 17.6. The average Bonchev–Trinajstić information content (AvgIpc) is 3.35. The Hall–Kier alpha value is -2.93. The fourth-order valence-corrected chi connectivity index (χ4v) is 4.87. The number of amides is 2. The number of imide groups is 1. The van der Waals surface area contributed by atoms with E-state index >= 15 is 0 Å². The van der Waals surface area contributed by atoms with E-state index in [4.69, 9.17) is 11.6 Å². The molecule has 1 unspecified atom stereocenters. The number of nitrogens with one attached hydrogen (secondary N) is 1. The lowest BCUT2D eigenvalue weighted by atomic mass is 10.1. The van der Waals surface area contributed by atoms with Crippen LogP contribution in [-0.4, -0.2) is 63.3 Å². The molecule has 1 aliphatic rings. The molecule has 1 atom stereocenters. The van der Waals surface area contributed by atoms with Crippen LogP contribution in [0.1, 0.15) is 16.7 Å². The fraction of sp³-hybridized carbons (Fsp3) is 0.292. The fourth-order valence-electron chi connectivity index (χ4n) is 3.85. The van der Waals surface area contributed by atoms with E-state index in [2.05, 4.69) is 10.4 Å². The number of hydrogen-bond donors (Lipinski definition) is 2. The van der Waals surface area contributed by atoms with Gasteiger partial charge in [-0.15, -0.1) is 0 Å². The molecule has 1 fully saturated rings. The molecule has 37 heavy (non-hydrogen) atoms. The quantitative estimate of drug-likeness (QED) is 0.225. The van der Waals surface area contributed by atoms with Gasteiger partial charge in [0.2, 0.25) is 0 Å². The first-order valence-corrected chi connectivity index (χ1v) is 12.3. The number of aliphatic hydroxyl groups is 1. The summed E-state index contributed by atoms with van der Waals surface area (Å²) in [5, 5.41) is 17.0. The predicted octanol–water partition coefficient (Wildman–Crippen LogP) is 4.71. The number of halogens is 5. The molecule has 4 rings (SSSR count). The zero-order valence-electron chi connectivity index (χ0n) is 19.1. The number of carbonyl (C=O) groups excluding carboxylic acids is 2. The van der Waals surface area contributed by atoms with E-state index in [1.165, 1.54) is 29.1 Å². The van der Waals surface area contributed by atoms with Crippen LogP contribution in [0.2, 0.25) is 5.02 Å². The third-order valence-corrected chi connectivity index (χ3v) is 6.72. The molecule has 7 nitrogen and oxygen atoms in total. The third-order valence-electron chi connectivity index (χ3n) is 5.58. The summed E-state index contributed by atoms with van der Waals surface area (Å²) in [6.07, 6.45) is -2.58. The van der Waals surface area contributed by atoms with Crippen LogP contribution in [0.4, 0.5) is 22.4 Å². The van der Waals surface area contributed by atoms with Crippen molar-refractivity contribution in [3.05, 3.63) is 69.2 Å². The zero-order chi connectivity index (χ0) is 26.7. The predicted molar refractivity (Wildman–Crippen MR) is 133 cm³/mol. The van der Waals surface area contributed by atoms with Crippen LogP contribution in [0.3, 0.4) is 0 Å². The van der Waals surface area contributed by atoms with Crippen molar-refractivity contribution in [3.8, 4) is 0 Å². The van der Waals surface area contributed by atoms with Gasteiger partial charge in [0, 0.05) is 23.5 Å². The Morgan fingerprint density at radius 2 is 1.97 bits per heavy atom. The molecule has 2 amide bonds. The number of hydrogen-bond acceptors (Lipinski definition) is 6. The van der Waals surface area contributed by atoms with Crippen molar-refractivity contribution < 1.29 is 32.3 Å². The van der Waals surface area contributed by atoms with Crippen LogP contribution in [0, 0.1) is 0 Å². The van der Waals surface area contributed by atoms with E-state index < -0.39 is 35.7 Å². The number of thioether (sulfide) groups is 1. The van der Waals surface area contributed by atoms with E-state index in [9.17, 15) is 32.3 Å². The van der Waals surface area contributed by atoms with E-state index in [0.29, 0.717) is 16.5 Å². The number of aromatic nitrogens is 2. The number of nitrogens with zero attached hydrogens (tertiary/aromatic N) is 3. The molecule has 0 spiro atoms. The van der Waals surface area contributed by atoms with Crippen LogP contribution >= 0.6 is 23.4 Å². The van der Waals surface area contributed by atoms with Gasteiger partial charge >= 0.3 is 6.18 Å². The molecule has 3 aromatic rings. The lowest BCUT2D eigenvalue weighted by Crippen LogP contribution is -2.40. The van der Waals surface area contributed by atoms with Gasteiger partial charge in [0.25, 0.3) is 11.1 Å². The number of fused-ring (bicyclic) bond motifs is 1. The van der Waals surface area contributed by atoms with E-state index in [1.54, 1.807) is 18.2 Å². The molecule has 13 heteroatoms. The molecule has 196 valence electrons. The minimum atomic E-state index is -4.57.